The van der Waals surface area contributed by atoms with E-state index in [-0.39, 0.29) is 4.90 Å². The highest BCUT2D eigenvalue weighted by Crippen LogP contribution is 2.23. The summed E-state index contributed by atoms with van der Waals surface area (Å²) in [7, 11) is -3.45. The third-order valence-electron chi connectivity index (χ3n) is 3.42. The van der Waals surface area contributed by atoms with E-state index in [0.717, 1.165) is 6.54 Å². The lowest BCUT2D eigenvalue weighted by Crippen LogP contribution is -2.23. The van der Waals surface area contributed by atoms with Gasteiger partial charge in [-0.25, -0.2) is 13.1 Å². The Hall–Kier alpha value is -1.27. The molecule has 1 aromatic carbocycles. The first-order valence-electron chi connectivity index (χ1n) is 6.91. The van der Waals surface area contributed by atoms with Crippen LogP contribution in [0.1, 0.15) is 27.7 Å². The highest BCUT2D eigenvalue weighted by molar-refractivity contribution is 7.89. The maximum Gasteiger partial charge on any atom is 0.240 e. The molecule has 0 amide bonds. The lowest BCUT2D eigenvalue weighted by molar-refractivity contribution is 0.440. The molecule has 0 spiro atoms. The SMILES string of the molecule is CCNS(=O)(=O)c1ccc(N)c(NCC(C)C(C)C)c1. The summed E-state index contributed by atoms with van der Waals surface area (Å²) in [6.45, 7) is 9.32. The minimum absolute atomic E-state index is 0.230. The van der Waals surface area contributed by atoms with Gasteiger partial charge in [0.2, 0.25) is 10.0 Å². The first kappa shape index (κ1) is 16.8. The zero-order valence-electron chi connectivity index (χ0n) is 12.6. The summed E-state index contributed by atoms with van der Waals surface area (Å²) < 4.78 is 26.4. The molecule has 0 aliphatic heterocycles. The average Bonchev–Trinajstić information content (AvgIpc) is 2.36. The van der Waals surface area contributed by atoms with Gasteiger partial charge in [0.05, 0.1) is 16.3 Å². The molecule has 20 heavy (non-hydrogen) atoms. The molecule has 6 heteroatoms. The van der Waals surface area contributed by atoms with Gasteiger partial charge in [0, 0.05) is 13.1 Å². The maximum atomic E-state index is 12.0. The second-order valence-corrected chi connectivity index (χ2v) is 7.12. The van der Waals surface area contributed by atoms with Crippen LogP contribution in [0.4, 0.5) is 11.4 Å². The van der Waals surface area contributed by atoms with E-state index in [1.807, 2.05) is 0 Å². The molecule has 5 nitrogen and oxygen atoms in total. The molecule has 1 rings (SSSR count). The minimum atomic E-state index is -3.45. The molecule has 0 fully saturated rings. The van der Waals surface area contributed by atoms with Crippen molar-refractivity contribution in [2.45, 2.75) is 32.6 Å². The largest absolute Gasteiger partial charge is 0.397 e. The van der Waals surface area contributed by atoms with Crippen molar-refractivity contribution in [3.05, 3.63) is 18.2 Å². The van der Waals surface area contributed by atoms with Crippen LogP contribution in [0, 0.1) is 11.8 Å². The molecule has 0 saturated heterocycles. The van der Waals surface area contributed by atoms with E-state index in [0.29, 0.717) is 29.8 Å². The van der Waals surface area contributed by atoms with Crippen LogP contribution >= 0.6 is 0 Å². The van der Waals surface area contributed by atoms with Gasteiger partial charge in [-0.2, -0.15) is 0 Å². The zero-order valence-corrected chi connectivity index (χ0v) is 13.4. The average molecular weight is 299 g/mol. The number of rotatable bonds is 7. The molecule has 0 aromatic heterocycles. The number of hydrogen-bond acceptors (Lipinski definition) is 4. The lowest BCUT2D eigenvalue weighted by atomic mass is 9.98. The molecule has 0 heterocycles. The van der Waals surface area contributed by atoms with Crippen molar-refractivity contribution in [1.29, 1.82) is 0 Å². The molecular formula is C14H25N3O2S. The third-order valence-corrected chi connectivity index (χ3v) is 4.97. The molecule has 0 bridgehead atoms. The summed E-state index contributed by atoms with van der Waals surface area (Å²) in [6.07, 6.45) is 0. The summed E-state index contributed by atoms with van der Waals surface area (Å²) in [5.41, 5.74) is 7.11. The molecule has 0 radical (unpaired) electrons. The molecule has 1 unspecified atom stereocenters. The maximum absolute atomic E-state index is 12.0. The standard InChI is InChI=1S/C14H25N3O2S/c1-5-17-20(18,19)12-6-7-13(15)14(8-12)16-9-11(4)10(2)3/h6-8,10-11,16-17H,5,9,15H2,1-4H3. The molecular weight excluding hydrogens is 274 g/mol. The fourth-order valence-electron chi connectivity index (χ4n) is 1.64. The van der Waals surface area contributed by atoms with Crippen LogP contribution in [0.2, 0.25) is 0 Å². The first-order chi connectivity index (χ1) is 9.27. The van der Waals surface area contributed by atoms with Crippen molar-refractivity contribution in [3.8, 4) is 0 Å². The quantitative estimate of drug-likeness (QED) is 0.674. The van der Waals surface area contributed by atoms with Gasteiger partial charge in [-0.05, 0) is 30.0 Å². The third kappa shape index (κ3) is 4.38. The summed E-state index contributed by atoms with van der Waals surface area (Å²) in [6, 6.07) is 4.72. The summed E-state index contributed by atoms with van der Waals surface area (Å²) in [5, 5.41) is 3.23. The number of benzene rings is 1. The predicted molar refractivity (Wildman–Crippen MR) is 84.2 cm³/mol. The van der Waals surface area contributed by atoms with Crippen LogP contribution in [0.3, 0.4) is 0 Å². The van der Waals surface area contributed by atoms with Crippen molar-refractivity contribution < 1.29 is 8.42 Å². The fraction of sp³-hybridized carbons (Fsp3) is 0.571. The van der Waals surface area contributed by atoms with Crippen molar-refractivity contribution in [3.63, 3.8) is 0 Å². The predicted octanol–water partition coefficient (Wildman–Crippen LogP) is 2.27. The Bertz CT molecular complexity index is 541. The van der Waals surface area contributed by atoms with E-state index in [9.17, 15) is 8.42 Å². The smallest absolute Gasteiger partial charge is 0.240 e. The van der Waals surface area contributed by atoms with E-state index in [4.69, 9.17) is 5.73 Å². The molecule has 1 aromatic rings. The van der Waals surface area contributed by atoms with E-state index < -0.39 is 10.0 Å². The van der Waals surface area contributed by atoms with Gasteiger partial charge in [-0.1, -0.05) is 27.7 Å². The highest BCUT2D eigenvalue weighted by atomic mass is 32.2. The Balaban J connectivity index is 2.93. The summed E-state index contributed by atoms with van der Waals surface area (Å²) in [5.74, 6) is 1.03. The monoisotopic (exact) mass is 299 g/mol. The number of hydrogen-bond donors (Lipinski definition) is 3. The molecule has 114 valence electrons. The second-order valence-electron chi connectivity index (χ2n) is 5.35. The Labute approximate surface area is 122 Å². The Kier molecular flexibility index (Phi) is 5.83. The van der Waals surface area contributed by atoms with Gasteiger partial charge < -0.3 is 11.1 Å². The molecule has 0 aliphatic rings. The fourth-order valence-corrected chi connectivity index (χ4v) is 2.70. The molecule has 4 N–H and O–H groups in total. The Morgan fingerprint density at radius 3 is 2.45 bits per heavy atom. The van der Waals surface area contributed by atoms with Crippen molar-refractivity contribution >= 4 is 21.4 Å². The Morgan fingerprint density at radius 2 is 1.90 bits per heavy atom. The number of sulfonamides is 1. The van der Waals surface area contributed by atoms with Crippen LogP contribution < -0.4 is 15.8 Å². The van der Waals surface area contributed by atoms with E-state index in [1.54, 1.807) is 19.1 Å². The molecule has 0 saturated carbocycles. The summed E-state index contributed by atoms with van der Waals surface area (Å²) in [4.78, 5) is 0.230. The van der Waals surface area contributed by atoms with Gasteiger partial charge >= 0.3 is 0 Å². The van der Waals surface area contributed by atoms with Crippen molar-refractivity contribution in [2.75, 3.05) is 24.1 Å². The normalized spacial score (nSPS) is 13.4. The van der Waals surface area contributed by atoms with Crippen LogP contribution in [0.25, 0.3) is 0 Å². The van der Waals surface area contributed by atoms with E-state index >= 15 is 0 Å². The van der Waals surface area contributed by atoms with Crippen molar-refractivity contribution in [2.24, 2.45) is 11.8 Å². The molecule has 1 atom stereocenters. The Morgan fingerprint density at radius 1 is 1.25 bits per heavy atom. The summed E-state index contributed by atoms with van der Waals surface area (Å²) >= 11 is 0. The van der Waals surface area contributed by atoms with Crippen molar-refractivity contribution in [1.82, 2.24) is 4.72 Å². The van der Waals surface area contributed by atoms with Gasteiger partial charge in [0.1, 0.15) is 0 Å². The molecule has 0 aliphatic carbocycles. The minimum Gasteiger partial charge on any atom is -0.397 e. The van der Waals surface area contributed by atoms with E-state index in [1.165, 1.54) is 6.07 Å². The number of anilines is 2. The van der Waals surface area contributed by atoms with Gasteiger partial charge in [-0.3, -0.25) is 0 Å². The second kappa shape index (κ2) is 6.95. The number of nitrogens with two attached hydrogens (primary N) is 1. The van der Waals surface area contributed by atoms with Crippen LogP contribution in [0.15, 0.2) is 23.1 Å². The zero-order chi connectivity index (χ0) is 15.3. The van der Waals surface area contributed by atoms with Crippen LogP contribution in [0.5, 0.6) is 0 Å². The highest BCUT2D eigenvalue weighted by Gasteiger charge is 2.15. The van der Waals surface area contributed by atoms with Gasteiger partial charge in [0.25, 0.3) is 0 Å². The van der Waals surface area contributed by atoms with Crippen LogP contribution in [-0.2, 0) is 10.0 Å². The van der Waals surface area contributed by atoms with E-state index in [2.05, 4.69) is 30.8 Å². The lowest BCUT2D eigenvalue weighted by Gasteiger charge is -2.18. The number of nitrogens with one attached hydrogen (secondary N) is 2. The van der Waals surface area contributed by atoms with Crippen LogP contribution in [-0.4, -0.2) is 21.5 Å². The van der Waals surface area contributed by atoms with Gasteiger partial charge in [0.15, 0.2) is 0 Å². The van der Waals surface area contributed by atoms with Gasteiger partial charge in [-0.15, -0.1) is 0 Å². The first-order valence-corrected chi connectivity index (χ1v) is 8.39. The number of nitrogen functional groups attached to an aromatic ring is 1. The topological polar surface area (TPSA) is 84.2 Å².